The minimum atomic E-state index is -3.57. The number of fused-ring (bicyclic) bond motifs is 2. The van der Waals surface area contributed by atoms with Gasteiger partial charge in [-0.1, -0.05) is 30.3 Å². The van der Waals surface area contributed by atoms with Crippen molar-refractivity contribution in [2.75, 3.05) is 6.26 Å². The molecule has 0 fully saturated rings. The van der Waals surface area contributed by atoms with Crippen LogP contribution in [-0.2, 0) is 16.4 Å². The highest BCUT2D eigenvalue weighted by Gasteiger charge is 2.23. The summed E-state index contributed by atoms with van der Waals surface area (Å²) < 4.78 is 25.8. The average Bonchev–Trinajstić information content (AvgIpc) is 3.12. The second kappa shape index (κ2) is 5.81. The van der Waals surface area contributed by atoms with Crippen molar-refractivity contribution in [2.45, 2.75) is 18.6 Å². The van der Waals surface area contributed by atoms with Gasteiger partial charge in [0, 0.05) is 28.4 Å². The molecule has 0 bridgehead atoms. The van der Waals surface area contributed by atoms with Gasteiger partial charge in [-0.15, -0.1) is 0 Å². The largest absolute Gasteiger partial charge is 0.358 e. The lowest BCUT2D eigenvalue weighted by molar-refractivity contribution is 0.0971. The van der Waals surface area contributed by atoms with Crippen molar-refractivity contribution in [1.29, 1.82) is 0 Å². The number of aromatic amines is 1. The van der Waals surface area contributed by atoms with E-state index in [1.165, 1.54) is 4.57 Å². The first-order valence-corrected chi connectivity index (χ1v) is 10.0. The molecule has 1 N–H and O–H groups in total. The first-order valence-electron chi connectivity index (χ1n) is 8.12. The number of benzene rings is 2. The highest BCUT2D eigenvalue weighted by atomic mass is 32.2. The summed E-state index contributed by atoms with van der Waals surface area (Å²) in [6, 6.07) is 14.7. The van der Waals surface area contributed by atoms with E-state index in [0.717, 1.165) is 22.9 Å². The summed E-state index contributed by atoms with van der Waals surface area (Å²) in [7, 11) is -3.57. The maximum absolute atomic E-state index is 13.1. The Hall–Kier alpha value is -2.93. The van der Waals surface area contributed by atoms with Crippen molar-refractivity contribution in [1.82, 2.24) is 14.5 Å². The summed E-state index contributed by atoms with van der Waals surface area (Å²) in [6.07, 6.45) is 1.10. The number of carbonyl (C=O) groups excluding carboxylic acids is 1. The van der Waals surface area contributed by atoms with Gasteiger partial charge in [-0.25, -0.2) is 13.4 Å². The summed E-state index contributed by atoms with van der Waals surface area (Å²) in [6.45, 7) is 1.75. The summed E-state index contributed by atoms with van der Waals surface area (Å²) in [4.78, 5) is 20.5. The van der Waals surface area contributed by atoms with Crippen molar-refractivity contribution >= 4 is 37.6 Å². The van der Waals surface area contributed by atoms with Crippen LogP contribution in [0.1, 0.15) is 16.1 Å². The van der Waals surface area contributed by atoms with E-state index in [1.807, 2.05) is 31.2 Å². The lowest BCUT2D eigenvalue weighted by Crippen LogP contribution is -2.16. The van der Waals surface area contributed by atoms with Gasteiger partial charge in [-0.3, -0.25) is 4.79 Å². The van der Waals surface area contributed by atoms with Crippen molar-refractivity contribution in [3.05, 3.63) is 59.8 Å². The number of hydrogen-bond donors (Lipinski definition) is 1. The third kappa shape index (κ3) is 2.61. The zero-order chi connectivity index (χ0) is 18.5. The fourth-order valence-electron chi connectivity index (χ4n) is 3.35. The number of aryl methyl sites for hydroxylation is 1. The minimum Gasteiger partial charge on any atom is -0.358 e. The highest BCUT2D eigenvalue weighted by molar-refractivity contribution is 7.90. The predicted molar refractivity (Wildman–Crippen MR) is 100 cm³/mol. The Balaban J connectivity index is 1.87. The number of imidazole rings is 1. The Morgan fingerprint density at radius 3 is 2.58 bits per heavy atom. The van der Waals surface area contributed by atoms with Crippen molar-refractivity contribution < 1.29 is 13.2 Å². The first kappa shape index (κ1) is 16.5. The Morgan fingerprint density at radius 2 is 1.81 bits per heavy atom. The molecule has 2 aromatic heterocycles. The summed E-state index contributed by atoms with van der Waals surface area (Å²) in [5.41, 5.74) is 3.40. The molecule has 4 rings (SSSR count). The fraction of sp³-hybridized carbons (Fsp3) is 0.158. The Kier molecular flexibility index (Phi) is 3.69. The van der Waals surface area contributed by atoms with Crippen LogP contribution in [0, 0.1) is 6.92 Å². The van der Waals surface area contributed by atoms with Gasteiger partial charge < -0.3 is 9.55 Å². The second-order valence-corrected chi connectivity index (χ2v) is 8.24. The van der Waals surface area contributed by atoms with Crippen LogP contribution in [-0.4, -0.2) is 35.0 Å². The summed E-state index contributed by atoms with van der Waals surface area (Å²) in [5, 5.41) is 0.741. The Labute approximate surface area is 150 Å². The predicted octanol–water partition coefficient (Wildman–Crippen LogP) is 3.11. The van der Waals surface area contributed by atoms with Crippen LogP contribution in [0.2, 0.25) is 0 Å². The van der Waals surface area contributed by atoms with E-state index in [2.05, 4.69) is 9.97 Å². The van der Waals surface area contributed by atoms with Crippen molar-refractivity contribution in [3.63, 3.8) is 0 Å². The number of aromatic nitrogens is 3. The van der Waals surface area contributed by atoms with E-state index in [-0.39, 0.29) is 17.5 Å². The molecule has 0 atom stereocenters. The van der Waals surface area contributed by atoms with Crippen LogP contribution in [0.5, 0.6) is 0 Å². The molecule has 0 spiro atoms. The normalized spacial score (nSPS) is 12.1. The number of para-hydroxylation sites is 3. The van der Waals surface area contributed by atoms with Gasteiger partial charge in [0.05, 0.1) is 17.6 Å². The van der Waals surface area contributed by atoms with Crippen LogP contribution < -0.4 is 0 Å². The first-order chi connectivity index (χ1) is 12.4. The molecule has 26 heavy (non-hydrogen) atoms. The molecule has 4 aromatic rings. The number of nitrogens with zero attached hydrogens (tertiary/aromatic N) is 2. The number of hydrogen-bond acceptors (Lipinski definition) is 4. The molecule has 7 heteroatoms. The van der Waals surface area contributed by atoms with Gasteiger partial charge in [-0.2, -0.15) is 0 Å². The van der Waals surface area contributed by atoms with Gasteiger partial charge in [0.25, 0.3) is 0 Å². The number of sulfone groups is 1. The van der Waals surface area contributed by atoms with E-state index in [4.69, 9.17) is 0 Å². The quantitative estimate of drug-likeness (QED) is 0.562. The van der Waals surface area contributed by atoms with E-state index in [1.54, 1.807) is 24.3 Å². The third-order valence-electron chi connectivity index (χ3n) is 4.43. The molecular formula is C19H17N3O3S. The maximum Gasteiger partial charge on any atom is 0.228 e. The number of nitrogens with one attached hydrogen (secondary N) is 1. The van der Waals surface area contributed by atoms with Crippen LogP contribution in [0.25, 0.3) is 21.9 Å². The molecule has 6 nitrogen and oxygen atoms in total. The van der Waals surface area contributed by atoms with Crippen LogP contribution in [0.15, 0.2) is 53.7 Å². The molecule has 2 heterocycles. The molecule has 132 valence electrons. The Morgan fingerprint density at radius 1 is 1.12 bits per heavy atom. The molecule has 0 amide bonds. The molecule has 0 saturated carbocycles. The topological polar surface area (TPSA) is 84.8 Å². The fourth-order valence-corrected chi connectivity index (χ4v) is 4.18. The van der Waals surface area contributed by atoms with E-state index < -0.39 is 9.84 Å². The molecule has 0 saturated heterocycles. The van der Waals surface area contributed by atoms with Crippen LogP contribution in [0.3, 0.4) is 0 Å². The number of rotatable bonds is 4. The monoisotopic (exact) mass is 367 g/mol. The number of H-pyrrole nitrogens is 1. The summed E-state index contributed by atoms with van der Waals surface area (Å²) >= 11 is 0. The molecule has 0 unspecified atom stereocenters. The van der Waals surface area contributed by atoms with E-state index in [0.29, 0.717) is 16.6 Å². The maximum atomic E-state index is 13.1. The molecular weight excluding hydrogens is 350 g/mol. The third-order valence-corrected chi connectivity index (χ3v) is 5.40. The lowest BCUT2D eigenvalue weighted by atomic mass is 10.1. The Bertz CT molecular complexity index is 1270. The molecule has 0 aliphatic heterocycles. The molecule has 2 aromatic carbocycles. The smallest absolute Gasteiger partial charge is 0.228 e. The van der Waals surface area contributed by atoms with Gasteiger partial charge >= 0.3 is 0 Å². The second-order valence-electron chi connectivity index (χ2n) is 6.34. The number of carbonyl (C=O) groups is 1. The van der Waals surface area contributed by atoms with E-state index >= 15 is 0 Å². The van der Waals surface area contributed by atoms with Crippen molar-refractivity contribution in [2.24, 2.45) is 0 Å². The van der Waals surface area contributed by atoms with Crippen molar-refractivity contribution in [3.8, 4) is 0 Å². The summed E-state index contributed by atoms with van der Waals surface area (Å²) in [5.74, 6) is -0.159. The average molecular weight is 367 g/mol. The van der Waals surface area contributed by atoms with Crippen LogP contribution >= 0.6 is 0 Å². The van der Waals surface area contributed by atoms with Gasteiger partial charge in [0.15, 0.2) is 5.78 Å². The number of ketones is 1. The lowest BCUT2D eigenvalue weighted by Gasteiger charge is -2.08. The molecule has 0 radical (unpaired) electrons. The highest BCUT2D eigenvalue weighted by Crippen LogP contribution is 2.25. The molecule has 0 aliphatic carbocycles. The minimum absolute atomic E-state index is 0.0917. The molecule has 0 aliphatic rings. The van der Waals surface area contributed by atoms with Crippen LogP contribution in [0.4, 0.5) is 0 Å². The number of Topliss-reactive ketones (excluding diaryl/α,β-unsaturated/α-hetero) is 1. The van der Waals surface area contributed by atoms with Gasteiger partial charge in [0.1, 0.15) is 0 Å². The SMILES string of the molecule is Cc1[nH]c2ccccc2c1C(=O)Cn1c(S(C)(=O)=O)nc2ccccc21. The zero-order valence-corrected chi connectivity index (χ0v) is 15.2. The van der Waals surface area contributed by atoms with Gasteiger partial charge in [0.2, 0.25) is 15.0 Å². The van der Waals surface area contributed by atoms with E-state index in [9.17, 15) is 13.2 Å². The van der Waals surface area contributed by atoms with Gasteiger partial charge in [-0.05, 0) is 25.1 Å². The standard InChI is InChI=1S/C19H17N3O3S/c1-12-18(13-7-3-4-8-14(13)20-12)17(23)11-22-16-10-6-5-9-15(16)21-19(22)26(2,24)25/h3-10,20H,11H2,1-2H3. The zero-order valence-electron chi connectivity index (χ0n) is 14.4.